The molecule has 0 spiro atoms. The van der Waals surface area contributed by atoms with Gasteiger partial charge in [-0.3, -0.25) is 4.99 Å². The third kappa shape index (κ3) is 58.6. The third-order valence-electron chi connectivity index (χ3n) is 2.55. The van der Waals surface area contributed by atoms with Crippen molar-refractivity contribution >= 4 is 12.0 Å². The van der Waals surface area contributed by atoms with E-state index in [1.54, 1.807) is 12.5 Å². The molecule has 0 aliphatic carbocycles. The molecule has 0 bridgehead atoms. The molecule has 29 heavy (non-hydrogen) atoms. The number of nitrogens with one attached hydrogen (secondary N) is 2. The maximum Gasteiger partial charge on any atom is 0.312 e. The van der Waals surface area contributed by atoms with Gasteiger partial charge in [0, 0.05) is 25.0 Å². The predicted molar refractivity (Wildman–Crippen MR) is 125 cm³/mol. The first-order valence-electron chi connectivity index (χ1n) is 10.2. The highest BCUT2D eigenvalue weighted by molar-refractivity contribution is 5.75. The summed E-state index contributed by atoms with van der Waals surface area (Å²) in [6.45, 7) is 13.2. The van der Waals surface area contributed by atoms with E-state index in [0.29, 0.717) is 6.54 Å². The van der Waals surface area contributed by atoms with Gasteiger partial charge in [-0.15, -0.1) is 0 Å². The molecule has 2 amide bonds. The smallest absolute Gasteiger partial charge is 0.312 e. The van der Waals surface area contributed by atoms with E-state index in [0.717, 1.165) is 44.6 Å². The topological polar surface area (TPSA) is 200 Å². The van der Waals surface area contributed by atoms with E-state index >= 15 is 0 Å². The highest BCUT2D eigenvalue weighted by Gasteiger charge is 1.83. The number of hydrogen-bond donors (Lipinski definition) is 7. The van der Waals surface area contributed by atoms with Gasteiger partial charge in [0.2, 0.25) is 0 Å². The summed E-state index contributed by atoms with van der Waals surface area (Å²) in [6, 6.07) is -0.443. The Morgan fingerprint density at radius 2 is 1.62 bits per heavy atom. The van der Waals surface area contributed by atoms with Crippen molar-refractivity contribution in [3.8, 4) is 0 Å². The van der Waals surface area contributed by atoms with E-state index in [1.807, 2.05) is 20.8 Å². The number of imidazole rings is 1. The SMILES string of the molecule is CCCCN.CCCN.CCCN=C(N)N.CCCNC(N)=O.Cc1cnc[nH]1. The lowest BCUT2D eigenvalue weighted by Gasteiger charge is -1.93. The summed E-state index contributed by atoms with van der Waals surface area (Å²) in [5, 5.41) is 2.43. The minimum absolute atomic E-state index is 0.182. The maximum atomic E-state index is 9.87. The van der Waals surface area contributed by atoms with Crippen LogP contribution in [0.15, 0.2) is 17.5 Å². The fourth-order valence-corrected chi connectivity index (χ4v) is 1.02. The molecule has 0 aliphatic heterocycles. The molecule has 1 aromatic rings. The molecule has 0 atom stereocenters. The lowest BCUT2D eigenvalue weighted by molar-refractivity contribution is 0.249. The number of nitrogens with zero attached hydrogens (tertiary/aromatic N) is 2. The highest BCUT2D eigenvalue weighted by Crippen LogP contribution is 1.81. The molecule has 1 aromatic heterocycles. The summed E-state index contributed by atoms with van der Waals surface area (Å²) < 4.78 is 0. The van der Waals surface area contributed by atoms with E-state index in [2.05, 4.69) is 34.1 Å². The Bertz CT molecular complexity index is 415. The van der Waals surface area contributed by atoms with Crippen molar-refractivity contribution in [1.29, 1.82) is 0 Å². The summed E-state index contributed by atoms with van der Waals surface area (Å²) in [7, 11) is 0. The van der Waals surface area contributed by atoms with Gasteiger partial charge in [-0.05, 0) is 45.7 Å². The summed E-state index contributed by atoms with van der Waals surface area (Å²) in [5.74, 6) is 0.182. The summed E-state index contributed by atoms with van der Waals surface area (Å²) in [4.78, 5) is 20.2. The number of amides is 2. The first-order chi connectivity index (χ1) is 13.8. The lowest BCUT2D eigenvalue weighted by Crippen LogP contribution is -2.29. The van der Waals surface area contributed by atoms with Crippen molar-refractivity contribution in [2.75, 3.05) is 26.2 Å². The van der Waals surface area contributed by atoms with Crippen LogP contribution in [0.3, 0.4) is 0 Å². The minimum Gasteiger partial charge on any atom is -0.370 e. The van der Waals surface area contributed by atoms with Crippen LogP contribution in [0.2, 0.25) is 0 Å². The lowest BCUT2D eigenvalue weighted by atomic mass is 10.3. The number of aryl methyl sites for hydroxylation is 1. The number of aromatic amines is 1. The number of aromatic nitrogens is 2. The number of hydrogen-bond acceptors (Lipinski definition) is 5. The minimum atomic E-state index is -0.443. The molecule has 174 valence electrons. The van der Waals surface area contributed by atoms with Crippen LogP contribution in [0.4, 0.5) is 4.79 Å². The van der Waals surface area contributed by atoms with E-state index < -0.39 is 6.03 Å². The summed E-state index contributed by atoms with van der Waals surface area (Å²) in [6.07, 6.45) is 8.85. The molecule has 0 fully saturated rings. The molecule has 10 heteroatoms. The van der Waals surface area contributed by atoms with Gasteiger partial charge in [0.15, 0.2) is 5.96 Å². The fourth-order valence-electron chi connectivity index (χ4n) is 1.02. The molecular weight excluding hydrogens is 370 g/mol. The number of H-pyrrole nitrogens is 1. The first-order valence-corrected chi connectivity index (χ1v) is 10.2. The normalized spacial score (nSPS) is 8.24. The Labute approximate surface area is 177 Å². The number of rotatable bonds is 7. The molecule has 0 radical (unpaired) electrons. The van der Waals surface area contributed by atoms with E-state index in [9.17, 15) is 4.79 Å². The zero-order chi connectivity index (χ0) is 23.3. The van der Waals surface area contributed by atoms with Crippen molar-refractivity contribution in [2.45, 2.75) is 66.7 Å². The second-order valence-corrected chi connectivity index (χ2v) is 5.76. The molecule has 0 saturated heterocycles. The van der Waals surface area contributed by atoms with Crippen LogP contribution in [-0.4, -0.2) is 48.1 Å². The Kier molecular flexibility index (Phi) is 39.2. The molecular formula is C19H47N9O. The van der Waals surface area contributed by atoms with Crippen molar-refractivity contribution in [1.82, 2.24) is 15.3 Å². The van der Waals surface area contributed by atoms with Gasteiger partial charge in [-0.1, -0.05) is 34.1 Å². The Morgan fingerprint density at radius 3 is 1.72 bits per heavy atom. The van der Waals surface area contributed by atoms with Crippen LogP contribution in [0, 0.1) is 6.92 Å². The monoisotopic (exact) mass is 417 g/mol. The van der Waals surface area contributed by atoms with Crippen molar-refractivity contribution < 1.29 is 4.79 Å². The number of nitrogens with two attached hydrogens (primary N) is 5. The number of carbonyl (C=O) groups is 1. The fraction of sp³-hybridized carbons (Fsp3) is 0.737. The second-order valence-electron chi connectivity index (χ2n) is 5.76. The first kappa shape index (κ1) is 34.2. The molecule has 1 heterocycles. The third-order valence-corrected chi connectivity index (χ3v) is 2.55. The average Bonchev–Trinajstić information content (AvgIpc) is 3.18. The predicted octanol–water partition coefficient (Wildman–Crippen LogP) is 1.55. The van der Waals surface area contributed by atoms with Gasteiger partial charge in [-0.2, -0.15) is 0 Å². The van der Waals surface area contributed by atoms with Crippen LogP contribution in [-0.2, 0) is 0 Å². The van der Waals surface area contributed by atoms with Gasteiger partial charge in [-0.25, -0.2) is 9.78 Å². The number of carbonyl (C=O) groups excluding carboxylic acids is 1. The second kappa shape index (κ2) is 33.3. The molecule has 0 unspecified atom stereocenters. The van der Waals surface area contributed by atoms with Crippen molar-refractivity contribution in [2.24, 2.45) is 33.7 Å². The van der Waals surface area contributed by atoms with Crippen molar-refractivity contribution in [3.05, 3.63) is 18.2 Å². The van der Waals surface area contributed by atoms with Crippen LogP contribution < -0.4 is 34.0 Å². The number of guanidine groups is 1. The zero-order valence-corrected chi connectivity index (χ0v) is 19.2. The highest BCUT2D eigenvalue weighted by atomic mass is 16.2. The van der Waals surface area contributed by atoms with Gasteiger partial charge in [0.05, 0.1) is 6.33 Å². The quantitative estimate of drug-likeness (QED) is 0.259. The molecule has 0 aromatic carbocycles. The number of aliphatic imine (C=N–C) groups is 1. The zero-order valence-electron chi connectivity index (χ0n) is 19.2. The molecule has 12 N–H and O–H groups in total. The molecule has 1 rings (SSSR count). The van der Waals surface area contributed by atoms with E-state index in [4.69, 9.17) is 28.7 Å². The van der Waals surface area contributed by atoms with Gasteiger partial charge < -0.3 is 39.0 Å². The Hall–Kier alpha value is -2.33. The van der Waals surface area contributed by atoms with Crippen LogP contribution in [0.5, 0.6) is 0 Å². The van der Waals surface area contributed by atoms with Gasteiger partial charge >= 0.3 is 6.03 Å². The van der Waals surface area contributed by atoms with Crippen molar-refractivity contribution in [3.63, 3.8) is 0 Å². The number of primary amides is 1. The summed E-state index contributed by atoms with van der Waals surface area (Å²) >= 11 is 0. The van der Waals surface area contributed by atoms with E-state index in [1.165, 1.54) is 12.8 Å². The summed E-state index contributed by atoms with van der Waals surface area (Å²) in [5.41, 5.74) is 26.0. The number of unbranched alkanes of at least 4 members (excludes halogenated alkanes) is 1. The molecule has 0 aliphatic rings. The maximum absolute atomic E-state index is 9.87. The van der Waals surface area contributed by atoms with E-state index in [-0.39, 0.29) is 5.96 Å². The van der Waals surface area contributed by atoms with Crippen LogP contribution >= 0.6 is 0 Å². The standard InChI is InChI=1S/C4H11N3.C4H10N2O.C4H6N2.C4H11N.C3H9N/c1-2-3-7-4(5)6;1-2-3-6-4(5)7;1-4-2-5-3-6-4;1-2-3-4-5;1-2-3-4/h2-3H2,1H3,(H4,5,6,7);2-3H2,1H3,(H3,5,6,7);2-3H,1H3,(H,5,6);2-5H2,1H3;2-4H2,1H3. The van der Waals surface area contributed by atoms with Crippen LogP contribution in [0.25, 0.3) is 0 Å². The van der Waals surface area contributed by atoms with Gasteiger partial charge in [0.1, 0.15) is 0 Å². The largest absolute Gasteiger partial charge is 0.370 e. The van der Waals surface area contributed by atoms with Crippen LogP contribution in [0.1, 0.15) is 65.5 Å². The Morgan fingerprint density at radius 1 is 1.03 bits per heavy atom. The molecule has 0 saturated carbocycles. The van der Waals surface area contributed by atoms with Gasteiger partial charge in [0.25, 0.3) is 0 Å². The average molecular weight is 418 g/mol. The number of urea groups is 1. The molecule has 10 nitrogen and oxygen atoms in total. The Balaban J connectivity index is -0.000000137.